The van der Waals surface area contributed by atoms with Crippen molar-refractivity contribution in [1.82, 2.24) is 10.2 Å². The van der Waals surface area contributed by atoms with Crippen molar-refractivity contribution >= 4 is 11.8 Å². The third-order valence-corrected chi connectivity index (χ3v) is 4.55. The average molecular weight is 286 g/mol. The number of amides is 2. The largest absolute Gasteiger partial charge is 0.339 e. The summed E-state index contributed by atoms with van der Waals surface area (Å²) in [6.07, 6.45) is 6.86. The number of nitrogens with zero attached hydrogens (tertiary/aromatic N) is 1. The quantitative estimate of drug-likeness (QED) is 0.849. The van der Waals surface area contributed by atoms with Crippen LogP contribution >= 0.6 is 0 Å². The predicted molar refractivity (Wildman–Crippen MR) is 80.5 cm³/mol. The molecule has 1 aliphatic heterocycles. The number of carbonyl (C=O) groups excluding carboxylic acids is 2. The summed E-state index contributed by atoms with van der Waals surface area (Å²) in [5.41, 5.74) is 0.870. The minimum Gasteiger partial charge on any atom is -0.339 e. The molecule has 2 amide bonds. The van der Waals surface area contributed by atoms with Crippen LogP contribution in [0, 0.1) is 0 Å². The number of benzene rings is 1. The van der Waals surface area contributed by atoms with E-state index in [9.17, 15) is 9.59 Å². The Morgan fingerprint density at radius 1 is 0.952 bits per heavy atom. The van der Waals surface area contributed by atoms with Gasteiger partial charge in [-0.15, -0.1) is 0 Å². The molecule has 1 aromatic rings. The van der Waals surface area contributed by atoms with Gasteiger partial charge in [0.1, 0.15) is 6.04 Å². The fraction of sp³-hybridized carbons (Fsp3) is 0.529. The Balaban J connectivity index is 1.81. The summed E-state index contributed by atoms with van der Waals surface area (Å²) in [5, 5.41) is 2.84. The van der Waals surface area contributed by atoms with Gasteiger partial charge in [0.15, 0.2) is 0 Å². The first-order valence-electron chi connectivity index (χ1n) is 7.90. The van der Waals surface area contributed by atoms with Crippen molar-refractivity contribution in [3.8, 4) is 0 Å². The molecule has 0 aromatic heterocycles. The van der Waals surface area contributed by atoms with Crippen molar-refractivity contribution in [2.45, 2.75) is 50.6 Å². The van der Waals surface area contributed by atoms with Gasteiger partial charge in [-0.05, 0) is 18.4 Å². The summed E-state index contributed by atoms with van der Waals surface area (Å²) >= 11 is 0. The molecule has 0 radical (unpaired) electrons. The summed E-state index contributed by atoms with van der Waals surface area (Å²) in [6, 6.07) is 9.24. The highest BCUT2D eigenvalue weighted by Crippen LogP contribution is 2.27. The van der Waals surface area contributed by atoms with Crippen molar-refractivity contribution in [3.63, 3.8) is 0 Å². The van der Waals surface area contributed by atoms with Crippen LogP contribution in [-0.2, 0) is 9.59 Å². The van der Waals surface area contributed by atoms with Crippen molar-refractivity contribution in [2.75, 3.05) is 6.54 Å². The molecule has 1 aromatic carbocycles. The Kier molecular flexibility index (Phi) is 4.23. The molecule has 0 bridgehead atoms. The average Bonchev–Trinajstić information content (AvgIpc) is 2.79. The fourth-order valence-electron chi connectivity index (χ4n) is 3.42. The number of hydrogen-bond acceptors (Lipinski definition) is 2. The smallest absolute Gasteiger partial charge is 0.250 e. The van der Waals surface area contributed by atoms with E-state index in [1.165, 1.54) is 12.8 Å². The zero-order chi connectivity index (χ0) is 14.7. The lowest BCUT2D eigenvalue weighted by atomic mass is 9.99. The van der Waals surface area contributed by atoms with Crippen molar-refractivity contribution in [3.05, 3.63) is 35.9 Å². The Labute approximate surface area is 125 Å². The molecule has 0 spiro atoms. The zero-order valence-electron chi connectivity index (χ0n) is 12.3. The number of piperazine rings is 1. The van der Waals surface area contributed by atoms with Gasteiger partial charge in [-0.2, -0.15) is 0 Å². The van der Waals surface area contributed by atoms with E-state index in [1.807, 2.05) is 35.2 Å². The van der Waals surface area contributed by atoms with E-state index in [0.29, 0.717) is 0 Å². The first-order chi connectivity index (χ1) is 10.3. The van der Waals surface area contributed by atoms with Gasteiger partial charge in [0.05, 0.1) is 6.54 Å². The third kappa shape index (κ3) is 3.09. The molecular weight excluding hydrogens is 264 g/mol. The summed E-state index contributed by atoms with van der Waals surface area (Å²) < 4.78 is 0. The van der Waals surface area contributed by atoms with Gasteiger partial charge in [0.2, 0.25) is 5.91 Å². The Morgan fingerprint density at radius 2 is 1.62 bits per heavy atom. The second kappa shape index (κ2) is 6.29. The van der Waals surface area contributed by atoms with Crippen LogP contribution in [0.4, 0.5) is 0 Å². The molecule has 1 saturated heterocycles. The zero-order valence-corrected chi connectivity index (χ0v) is 12.3. The second-order valence-electron chi connectivity index (χ2n) is 6.02. The summed E-state index contributed by atoms with van der Waals surface area (Å²) in [7, 11) is 0. The summed E-state index contributed by atoms with van der Waals surface area (Å²) in [6.45, 7) is 0.215. The van der Waals surface area contributed by atoms with Crippen LogP contribution in [0.1, 0.15) is 50.1 Å². The van der Waals surface area contributed by atoms with Crippen molar-refractivity contribution in [2.24, 2.45) is 0 Å². The maximum Gasteiger partial charge on any atom is 0.250 e. The number of rotatable bonds is 2. The van der Waals surface area contributed by atoms with Gasteiger partial charge >= 0.3 is 0 Å². The van der Waals surface area contributed by atoms with Gasteiger partial charge in [-0.1, -0.05) is 56.0 Å². The predicted octanol–water partition coefficient (Wildman–Crippen LogP) is 2.41. The van der Waals surface area contributed by atoms with Crippen LogP contribution in [0.5, 0.6) is 0 Å². The molecule has 1 heterocycles. The van der Waals surface area contributed by atoms with Crippen LogP contribution < -0.4 is 5.32 Å². The molecule has 4 nitrogen and oxygen atoms in total. The van der Waals surface area contributed by atoms with E-state index in [1.54, 1.807) is 0 Å². The highest BCUT2D eigenvalue weighted by Gasteiger charge is 2.37. The normalized spacial score (nSPS) is 24.6. The molecule has 2 fully saturated rings. The SMILES string of the molecule is O=C1CN(C2CCCCCC2)C(=O)C(c2ccccc2)N1. The van der Waals surface area contributed by atoms with Gasteiger partial charge < -0.3 is 10.2 Å². The number of carbonyl (C=O) groups is 2. The van der Waals surface area contributed by atoms with Crippen LogP contribution in [0.25, 0.3) is 0 Å². The van der Waals surface area contributed by atoms with Gasteiger partial charge in [0.25, 0.3) is 5.91 Å². The molecule has 3 rings (SSSR count). The van der Waals surface area contributed by atoms with E-state index >= 15 is 0 Å². The van der Waals surface area contributed by atoms with Gasteiger partial charge in [-0.3, -0.25) is 9.59 Å². The van der Waals surface area contributed by atoms with E-state index in [0.717, 1.165) is 31.2 Å². The maximum absolute atomic E-state index is 12.8. The Bertz CT molecular complexity index is 507. The fourth-order valence-corrected chi connectivity index (χ4v) is 3.42. The van der Waals surface area contributed by atoms with Crippen LogP contribution in [0.2, 0.25) is 0 Å². The number of hydrogen-bond donors (Lipinski definition) is 1. The van der Waals surface area contributed by atoms with E-state index in [4.69, 9.17) is 0 Å². The maximum atomic E-state index is 12.8. The first-order valence-corrected chi connectivity index (χ1v) is 7.90. The van der Waals surface area contributed by atoms with E-state index < -0.39 is 6.04 Å². The lowest BCUT2D eigenvalue weighted by molar-refractivity contribution is -0.147. The molecule has 1 saturated carbocycles. The van der Waals surface area contributed by atoms with Crippen LogP contribution in [-0.4, -0.2) is 29.3 Å². The first kappa shape index (κ1) is 14.1. The highest BCUT2D eigenvalue weighted by molar-refractivity contribution is 5.95. The standard InChI is InChI=1S/C17H22N2O2/c20-15-12-19(14-10-6-1-2-7-11-14)17(21)16(18-15)13-8-4-3-5-9-13/h3-5,8-9,14,16H,1-2,6-7,10-12H2,(H,18,20). The van der Waals surface area contributed by atoms with Crippen LogP contribution in [0.3, 0.4) is 0 Å². The van der Waals surface area contributed by atoms with Gasteiger partial charge in [0, 0.05) is 6.04 Å². The molecule has 2 aliphatic rings. The molecule has 21 heavy (non-hydrogen) atoms. The Hall–Kier alpha value is -1.84. The molecule has 1 N–H and O–H groups in total. The lowest BCUT2D eigenvalue weighted by Crippen LogP contribution is -2.56. The molecule has 1 unspecified atom stereocenters. The van der Waals surface area contributed by atoms with E-state index in [2.05, 4.69) is 5.32 Å². The second-order valence-corrected chi connectivity index (χ2v) is 6.02. The number of nitrogens with one attached hydrogen (secondary N) is 1. The van der Waals surface area contributed by atoms with Gasteiger partial charge in [-0.25, -0.2) is 0 Å². The van der Waals surface area contributed by atoms with Crippen molar-refractivity contribution < 1.29 is 9.59 Å². The summed E-state index contributed by atoms with van der Waals surface area (Å²) in [5.74, 6) is 0.000370. The monoisotopic (exact) mass is 286 g/mol. The molecule has 112 valence electrons. The lowest BCUT2D eigenvalue weighted by Gasteiger charge is -2.38. The third-order valence-electron chi connectivity index (χ3n) is 4.55. The topological polar surface area (TPSA) is 49.4 Å². The van der Waals surface area contributed by atoms with Crippen LogP contribution in [0.15, 0.2) is 30.3 Å². The van der Waals surface area contributed by atoms with E-state index in [-0.39, 0.29) is 24.4 Å². The summed E-state index contributed by atoms with van der Waals surface area (Å²) in [4.78, 5) is 26.6. The molecule has 4 heteroatoms. The molecule has 1 aliphatic carbocycles. The minimum absolute atomic E-state index is 0.0484. The van der Waals surface area contributed by atoms with Crippen molar-refractivity contribution in [1.29, 1.82) is 0 Å². The minimum atomic E-state index is -0.518. The molecular formula is C17H22N2O2. The Morgan fingerprint density at radius 3 is 2.29 bits per heavy atom. The molecule has 1 atom stereocenters. The highest BCUT2D eigenvalue weighted by atomic mass is 16.2.